The Bertz CT molecular complexity index is 1720. The maximum Gasteiger partial charge on any atom is 0.190 e. The van der Waals surface area contributed by atoms with Gasteiger partial charge in [0.15, 0.2) is 28.7 Å². The summed E-state index contributed by atoms with van der Waals surface area (Å²) in [5.74, 6) is -3.09. The molecule has 2 aromatic carbocycles. The Balaban J connectivity index is 1.63. The number of phenolic OH excluding ortho intramolecular Hbond substituents is 1. The number of carbonyl (C=O) groups excluding carboxylic acids is 6. The molecule has 2 N–H and O–H groups in total. The second-order valence-corrected chi connectivity index (χ2v) is 13.6. The van der Waals surface area contributed by atoms with Gasteiger partial charge in [0.25, 0.3) is 0 Å². The first-order chi connectivity index (χ1) is 20.5. The van der Waals surface area contributed by atoms with E-state index < -0.39 is 69.0 Å². The summed E-state index contributed by atoms with van der Waals surface area (Å²) in [5, 5.41) is 22.9. The summed E-state index contributed by atoms with van der Waals surface area (Å²) in [5.41, 5.74) is -3.06. The SMILES string of the molecule is CC(=O)Cc1ccc(C#Cc2ccc(O)c3c2C[C@]2(C)C[C@]4(C)C(C(C)C)C(=O)C(C(C)=O)C(=O)[C@]4(O)C(=O)C2C3=O)cc1. The summed E-state index contributed by atoms with van der Waals surface area (Å²) >= 11 is 0. The molecular weight excluding hydrogens is 560 g/mol. The third-order valence-electron chi connectivity index (χ3n) is 10.0. The van der Waals surface area contributed by atoms with Crippen LogP contribution in [0.15, 0.2) is 36.4 Å². The van der Waals surface area contributed by atoms with Gasteiger partial charge in [-0.3, -0.25) is 28.8 Å². The number of fused-ring (bicyclic) bond motifs is 3. The largest absolute Gasteiger partial charge is 0.507 e. The van der Waals surface area contributed by atoms with Crippen molar-refractivity contribution in [3.05, 3.63) is 64.2 Å². The molecule has 228 valence electrons. The average Bonchev–Trinajstić information content (AvgIpc) is 2.90. The van der Waals surface area contributed by atoms with Crippen LogP contribution in [0.2, 0.25) is 0 Å². The highest BCUT2D eigenvalue weighted by molar-refractivity contribution is 6.32. The number of hydrogen-bond acceptors (Lipinski definition) is 8. The van der Waals surface area contributed by atoms with E-state index in [2.05, 4.69) is 11.8 Å². The summed E-state index contributed by atoms with van der Waals surface area (Å²) in [4.78, 5) is 79.8. The molecule has 0 radical (unpaired) electrons. The smallest absolute Gasteiger partial charge is 0.190 e. The first-order valence-corrected chi connectivity index (χ1v) is 14.8. The molecule has 0 saturated heterocycles. The Kier molecular flexibility index (Phi) is 7.41. The van der Waals surface area contributed by atoms with E-state index >= 15 is 0 Å². The van der Waals surface area contributed by atoms with E-state index in [1.165, 1.54) is 13.0 Å². The summed E-state index contributed by atoms with van der Waals surface area (Å²) in [6, 6.07) is 10.1. The standard InChI is InChI=1S/C36H36O8/c1-18(2)28-30(40)26(20(4)38)32(42)36(44)33(43)29-31(41)27-24(16-34(29,5)17-35(28,36)6)23(13-14-25(27)39)12-11-21-7-9-22(10-8-21)15-19(3)37/h7-10,13-14,18,26,28-29,39,44H,15-17H2,1-6H3/t26?,28?,29?,34-,35-,36+/m1/s1. The molecular formula is C36H36O8. The summed E-state index contributed by atoms with van der Waals surface area (Å²) < 4.78 is 0. The van der Waals surface area contributed by atoms with Gasteiger partial charge < -0.3 is 10.2 Å². The molecule has 3 aliphatic rings. The Morgan fingerprint density at radius 1 is 0.955 bits per heavy atom. The van der Waals surface area contributed by atoms with E-state index in [1.807, 2.05) is 12.1 Å². The maximum atomic E-state index is 14.4. The fourth-order valence-electron chi connectivity index (χ4n) is 8.39. The predicted octanol–water partition coefficient (Wildman–Crippen LogP) is 3.62. The number of aliphatic hydroxyl groups is 1. The molecule has 3 aliphatic carbocycles. The van der Waals surface area contributed by atoms with Crippen LogP contribution in [0.4, 0.5) is 0 Å². The molecule has 0 amide bonds. The van der Waals surface area contributed by atoms with Gasteiger partial charge in [0.2, 0.25) is 0 Å². The van der Waals surface area contributed by atoms with Gasteiger partial charge in [-0.2, -0.15) is 0 Å². The molecule has 5 rings (SSSR count). The van der Waals surface area contributed by atoms with Gasteiger partial charge in [0, 0.05) is 28.9 Å². The van der Waals surface area contributed by atoms with Crippen LogP contribution in [-0.2, 0) is 36.8 Å². The Morgan fingerprint density at radius 3 is 2.16 bits per heavy atom. The molecule has 2 fully saturated rings. The number of phenols is 1. The number of rotatable bonds is 4. The van der Waals surface area contributed by atoms with Crippen molar-refractivity contribution in [1.82, 2.24) is 0 Å². The normalized spacial score (nSPS) is 31.0. The van der Waals surface area contributed by atoms with Crippen molar-refractivity contribution in [3.8, 4) is 17.6 Å². The fraction of sp³-hybridized carbons (Fsp3) is 0.444. The van der Waals surface area contributed by atoms with Crippen LogP contribution < -0.4 is 0 Å². The second kappa shape index (κ2) is 10.4. The summed E-state index contributed by atoms with van der Waals surface area (Å²) in [6.07, 6.45) is 0.413. The lowest BCUT2D eigenvalue weighted by atomic mass is 9.40. The highest BCUT2D eigenvalue weighted by atomic mass is 16.3. The van der Waals surface area contributed by atoms with E-state index in [4.69, 9.17) is 0 Å². The topological polar surface area (TPSA) is 143 Å². The van der Waals surface area contributed by atoms with Crippen molar-refractivity contribution in [1.29, 1.82) is 0 Å². The lowest BCUT2D eigenvalue weighted by Crippen LogP contribution is -2.76. The monoisotopic (exact) mass is 596 g/mol. The number of ketones is 6. The number of hydrogen-bond donors (Lipinski definition) is 2. The van der Waals surface area contributed by atoms with Crippen molar-refractivity contribution in [2.45, 2.75) is 66.4 Å². The molecule has 0 heterocycles. The molecule has 8 heteroatoms. The zero-order chi connectivity index (χ0) is 32.5. The van der Waals surface area contributed by atoms with E-state index in [0.29, 0.717) is 23.1 Å². The van der Waals surface area contributed by atoms with Crippen LogP contribution in [0.3, 0.4) is 0 Å². The van der Waals surface area contributed by atoms with Crippen LogP contribution in [0.5, 0.6) is 5.75 Å². The minimum absolute atomic E-state index is 0.0246. The van der Waals surface area contributed by atoms with E-state index in [9.17, 15) is 39.0 Å². The highest BCUT2D eigenvalue weighted by Crippen LogP contribution is 2.63. The number of aromatic hydroxyl groups is 1. The lowest BCUT2D eigenvalue weighted by molar-refractivity contribution is -0.205. The van der Waals surface area contributed by atoms with Gasteiger partial charge in [-0.05, 0) is 73.4 Å². The van der Waals surface area contributed by atoms with Crippen LogP contribution >= 0.6 is 0 Å². The van der Waals surface area contributed by atoms with E-state index in [0.717, 1.165) is 12.5 Å². The third kappa shape index (κ3) is 4.40. The van der Waals surface area contributed by atoms with Crippen LogP contribution in [-0.4, -0.2) is 50.5 Å². The zero-order valence-electron chi connectivity index (χ0n) is 25.7. The predicted molar refractivity (Wildman–Crippen MR) is 160 cm³/mol. The average molecular weight is 597 g/mol. The van der Waals surface area contributed by atoms with E-state index in [-0.39, 0.29) is 29.9 Å². The minimum Gasteiger partial charge on any atom is -0.507 e. The molecule has 3 unspecified atom stereocenters. The lowest BCUT2D eigenvalue weighted by Gasteiger charge is -2.61. The van der Waals surface area contributed by atoms with Crippen LogP contribution in [0, 0.1) is 46.3 Å². The minimum atomic E-state index is -2.73. The molecule has 8 nitrogen and oxygen atoms in total. The Morgan fingerprint density at radius 2 is 1.59 bits per heavy atom. The van der Waals surface area contributed by atoms with Crippen molar-refractivity contribution < 1.29 is 39.0 Å². The summed E-state index contributed by atoms with van der Waals surface area (Å²) in [6.45, 7) is 9.39. The summed E-state index contributed by atoms with van der Waals surface area (Å²) in [7, 11) is 0. The van der Waals surface area contributed by atoms with Gasteiger partial charge in [-0.25, -0.2) is 0 Å². The molecule has 2 saturated carbocycles. The molecule has 6 atom stereocenters. The second-order valence-electron chi connectivity index (χ2n) is 13.6. The van der Waals surface area contributed by atoms with Gasteiger partial charge in [0.05, 0.1) is 11.5 Å². The Labute approximate surface area is 256 Å². The third-order valence-corrected chi connectivity index (χ3v) is 10.0. The van der Waals surface area contributed by atoms with Crippen molar-refractivity contribution >= 4 is 34.7 Å². The van der Waals surface area contributed by atoms with Gasteiger partial charge in [-0.1, -0.05) is 51.7 Å². The van der Waals surface area contributed by atoms with Crippen LogP contribution in [0.1, 0.15) is 80.6 Å². The molecule has 44 heavy (non-hydrogen) atoms. The van der Waals surface area contributed by atoms with Gasteiger partial charge >= 0.3 is 0 Å². The first-order valence-electron chi connectivity index (χ1n) is 14.8. The molecule has 0 bridgehead atoms. The Hall–Kier alpha value is -4.22. The number of Topliss-reactive ketones (excluding diaryl/α,β-unsaturated/α-hetero) is 6. The van der Waals surface area contributed by atoms with Crippen molar-refractivity contribution in [2.75, 3.05) is 0 Å². The zero-order valence-corrected chi connectivity index (χ0v) is 25.7. The number of carbonyl (C=O) groups is 6. The molecule has 0 spiro atoms. The van der Waals surface area contributed by atoms with Gasteiger partial charge in [0.1, 0.15) is 23.2 Å². The maximum absolute atomic E-state index is 14.4. The fourth-order valence-corrected chi connectivity index (χ4v) is 8.39. The quantitative estimate of drug-likeness (QED) is 0.403. The van der Waals surface area contributed by atoms with Crippen molar-refractivity contribution in [3.63, 3.8) is 0 Å². The molecule has 0 aliphatic heterocycles. The molecule has 0 aromatic heterocycles. The molecule has 2 aromatic rings. The van der Waals surface area contributed by atoms with Crippen molar-refractivity contribution in [2.24, 2.45) is 34.5 Å². The van der Waals surface area contributed by atoms with Gasteiger partial charge in [-0.15, -0.1) is 0 Å². The highest BCUT2D eigenvalue weighted by Gasteiger charge is 2.76. The number of benzene rings is 2. The first kappa shape index (κ1) is 31.2. The van der Waals surface area contributed by atoms with Crippen LogP contribution in [0.25, 0.3) is 0 Å². The van der Waals surface area contributed by atoms with E-state index in [1.54, 1.807) is 45.9 Å².